The number of pyridine rings is 1. The molecule has 0 bridgehead atoms. The number of ketones is 1. The van der Waals surface area contributed by atoms with Gasteiger partial charge in [0.25, 0.3) is 0 Å². The van der Waals surface area contributed by atoms with E-state index >= 15 is 4.39 Å². The van der Waals surface area contributed by atoms with Gasteiger partial charge in [0.05, 0.1) is 28.8 Å². The monoisotopic (exact) mass is 473 g/mol. The topological polar surface area (TPSA) is 131 Å². The molecule has 0 fully saturated rings. The standard InChI is InChI=1S/C21H18F2N6O3S/c1-2-9-33(31,32)29-14-7-6-13(22)17(18(14)23)19(30)12-10-25-20-16(12)21(27-11-26-20)28-15-5-3-4-8-24-15/h3-8,10-11,29H,2,9H2,1H3,(H2,24,25,26,27,28)/p+1. The summed E-state index contributed by atoms with van der Waals surface area (Å²) >= 11 is 0. The maximum atomic E-state index is 15.1. The summed E-state index contributed by atoms with van der Waals surface area (Å²) in [6.07, 6.45) is 4.53. The zero-order valence-electron chi connectivity index (χ0n) is 17.3. The van der Waals surface area contributed by atoms with Crippen molar-refractivity contribution in [3.8, 4) is 0 Å². The smallest absolute Gasteiger partial charge is 0.236 e. The Kier molecular flexibility index (Phi) is 6.01. The molecule has 170 valence electrons. The van der Waals surface area contributed by atoms with Gasteiger partial charge in [0.15, 0.2) is 5.82 Å². The Morgan fingerprint density at radius 1 is 1.18 bits per heavy atom. The Morgan fingerprint density at radius 3 is 2.73 bits per heavy atom. The minimum Gasteiger partial charge on any atom is -0.310 e. The van der Waals surface area contributed by atoms with E-state index in [-0.39, 0.29) is 22.5 Å². The quantitative estimate of drug-likeness (QED) is 0.337. The number of anilines is 3. The largest absolute Gasteiger partial charge is 0.310 e. The molecule has 0 radical (unpaired) electrons. The summed E-state index contributed by atoms with van der Waals surface area (Å²) in [5.41, 5.74) is -1.09. The number of hydrogen-bond acceptors (Lipinski definition) is 6. The first-order valence-electron chi connectivity index (χ1n) is 9.89. The van der Waals surface area contributed by atoms with Crippen LogP contribution in [0.25, 0.3) is 11.0 Å². The molecular weight excluding hydrogens is 454 g/mol. The highest BCUT2D eigenvalue weighted by Gasteiger charge is 2.28. The highest BCUT2D eigenvalue weighted by Crippen LogP contribution is 2.30. The number of nitrogens with zero attached hydrogens (tertiary/aromatic N) is 2. The average molecular weight is 473 g/mol. The molecule has 4 N–H and O–H groups in total. The van der Waals surface area contributed by atoms with Gasteiger partial charge in [-0.25, -0.2) is 27.2 Å². The lowest BCUT2D eigenvalue weighted by atomic mass is 10.0. The zero-order chi connectivity index (χ0) is 23.6. The van der Waals surface area contributed by atoms with Crippen molar-refractivity contribution in [3.63, 3.8) is 0 Å². The molecule has 33 heavy (non-hydrogen) atoms. The number of fused-ring (bicyclic) bond motifs is 1. The fourth-order valence-corrected chi connectivity index (χ4v) is 4.43. The van der Waals surface area contributed by atoms with Gasteiger partial charge in [0.2, 0.25) is 33.6 Å². The van der Waals surface area contributed by atoms with Crippen molar-refractivity contribution < 1.29 is 27.0 Å². The maximum Gasteiger partial charge on any atom is 0.236 e. The predicted octanol–water partition coefficient (Wildman–Crippen LogP) is 3.18. The van der Waals surface area contributed by atoms with E-state index in [2.05, 4.69) is 30.0 Å². The highest BCUT2D eigenvalue weighted by atomic mass is 32.2. The minimum atomic E-state index is -3.85. The number of aromatic amines is 2. The van der Waals surface area contributed by atoms with Crippen molar-refractivity contribution in [1.82, 2.24) is 15.0 Å². The summed E-state index contributed by atoms with van der Waals surface area (Å²) in [4.78, 5) is 27.2. The van der Waals surface area contributed by atoms with Gasteiger partial charge in [-0.1, -0.05) is 18.0 Å². The number of H-pyrrole nitrogens is 2. The Balaban J connectivity index is 1.79. The molecule has 0 aliphatic heterocycles. The number of nitrogens with one attached hydrogen (secondary N) is 4. The van der Waals surface area contributed by atoms with Gasteiger partial charge in [-0.05, 0) is 30.7 Å². The van der Waals surface area contributed by atoms with Gasteiger partial charge in [-0.2, -0.15) is 0 Å². The van der Waals surface area contributed by atoms with Gasteiger partial charge in [0, 0.05) is 6.20 Å². The Labute approximate surface area is 187 Å². The van der Waals surface area contributed by atoms with Crippen LogP contribution >= 0.6 is 0 Å². The third kappa shape index (κ3) is 4.51. The molecule has 0 spiro atoms. The number of carbonyl (C=O) groups excluding carboxylic acids is 1. The van der Waals surface area contributed by atoms with E-state index in [4.69, 9.17) is 0 Å². The molecule has 0 amide bonds. The highest BCUT2D eigenvalue weighted by molar-refractivity contribution is 7.92. The SMILES string of the molecule is CCCS(=O)(=O)Nc1ccc(F)c(C(=O)c2c[nH]c3[nH+]cnc(Nc4ccccn4)c23)c1F. The first-order valence-corrected chi connectivity index (χ1v) is 11.5. The summed E-state index contributed by atoms with van der Waals surface area (Å²) in [5, 5.41) is 3.23. The lowest BCUT2D eigenvalue weighted by Crippen LogP contribution is -2.18. The molecule has 3 aromatic heterocycles. The van der Waals surface area contributed by atoms with Crippen LogP contribution in [0.2, 0.25) is 0 Å². The molecule has 3 heterocycles. The van der Waals surface area contributed by atoms with Crippen LogP contribution in [0.3, 0.4) is 0 Å². The summed E-state index contributed by atoms with van der Waals surface area (Å²) in [7, 11) is -3.85. The molecule has 1 aromatic carbocycles. The summed E-state index contributed by atoms with van der Waals surface area (Å²) in [5.74, 6) is -2.99. The summed E-state index contributed by atoms with van der Waals surface area (Å²) in [6.45, 7) is 1.65. The molecule has 0 saturated heterocycles. The van der Waals surface area contributed by atoms with Crippen LogP contribution < -0.4 is 15.0 Å². The molecule has 12 heteroatoms. The maximum absolute atomic E-state index is 15.1. The van der Waals surface area contributed by atoms with Crippen molar-refractivity contribution in [1.29, 1.82) is 0 Å². The fraction of sp³-hybridized carbons (Fsp3) is 0.143. The zero-order valence-corrected chi connectivity index (χ0v) is 18.1. The van der Waals surface area contributed by atoms with Gasteiger partial charge >= 0.3 is 0 Å². The lowest BCUT2D eigenvalue weighted by molar-refractivity contribution is -0.352. The van der Waals surface area contributed by atoms with Crippen LogP contribution in [-0.4, -0.2) is 34.9 Å². The van der Waals surface area contributed by atoms with Crippen LogP contribution in [0.1, 0.15) is 29.3 Å². The van der Waals surface area contributed by atoms with Crippen LogP contribution in [0.15, 0.2) is 49.1 Å². The molecule has 0 atom stereocenters. The second-order valence-corrected chi connectivity index (χ2v) is 8.92. The Hall–Kier alpha value is -3.93. The van der Waals surface area contributed by atoms with Gasteiger partial charge < -0.3 is 5.32 Å². The fourth-order valence-electron chi connectivity index (χ4n) is 3.30. The van der Waals surface area contributed by atoms with Crippen LogP contribution in [0, 0.1) is 11.6 Å². The van der Waals surface area contributed by atoms with Gasteiger partial charge in [-0.3, -0.25) is 14.5 Å². The van der Waals surface area contributed by atoms with Gasteiger partial charge in [0.1, 0.15) is 17.0 Å². The van der Waals surface area contributed by atoms with Crippen LogP contribution in [0.5, 0.6) is 0 Å². The number of benzene rings is 1. The van der Waals surface area contributed by atoms with E-state index in [1.165, 1.54) is 12.5 Å². The molecule has 4 aromatic rings. The van der Waals surface area contributed by atoms with E-state index in [0.29, 0.717) is 17.9 Å². The number of halogens is 2. The van der Waals surface area contributed by atoms with Crippen LogP contribution in [-0.2, 0) is 10.0 Å². The van der Waals surface area contributed by atoms with E-state index in [9.17, 15) is 17.6 Å². The van der Waals surface area contributed by atoms with Crippen molar-refractivity contribution >= 4 is 44.2 Å². The third-order valence-corrected chi connectivity index (χ3v) is 6.21. The normalized spacial score (nSPS) is 11.5. The van der Waals surface area contributed by atoms with Gasteiger partial charge in [-0.15, -0.1) is 0 Å². The molecule has 9 nitrogen and oxygen atoms in total. The minimum absolute atomic E-state index is 0.0702. The van der Waals surface area contributed by atoms with E-state index in [1.54, 1.807) is 31.3 Å². The van der Waals surface area contributed by atoms with E-state index in [0.717, 1.165) is 12.1 Å². The molecule has 0 saturated carbocycles. The molecule has 0 unspecified atom stereocenters. The first kappa shape index (κ1) is 22.3. The van der Waals surface area contributed by atoms with Crippen LogP contribution in [0.4, 0.5) is 26.1 Å². The molecule has 4 rings (SSSR count). The first-order chi connectivity index (χ1) is 15.8. The predicted molar refractivity (Wildman–Crippen MR) is 118 cm³/mol. The van der Waals surface area contributed by atoms with Crippen molar-refractivity contribution in [2.24, 2.45) is 0 Å². The van der Waals surface area contributed by atoms with Crippen molar-refractivity contribution in [2.45, 2.75) is 13.3 Å². The third-order valence-electron chi connectivity index (χ3n) is 4.73. The Bertz CT molecular complexity index is 1440. The lowest BCUT2D eigenvalue weighted by Gasteiger charge is -2.11. The number of aromatic nitrogens is 4. The number of sulfonamides is 1. The summed E-state index contributed by atoms with van der Waals surface area (Å²) in [6, 6.07) is 6.94. The number of hydrogen-bond donors (Lipinski definition) is 3. The second-order valence-electron chi connectivity index (χ2n) is 7.08. The van der Waals surface area contributed by atoms with Crippen molar-refractivity contribution in [3.05, 3.63) is 71.8 Å². The second kappa shape index (κ2) is 8.90. The molecule has 0 aliphatic carbocycles. The molecule has 0 aliphatic rings. The average Bonchev–Trinajstić information content (AvgIpc) is 3.22. The molecular formula is C21H19F2N6O3S+. The van der Waals surface area contributed by atoms with Crippen molar-refractivity contribution in [2.75, 3.05) is 15.8 Å². The summed E-state index contributed by atoms with van der Waals surface area (Å²) < 4.78 is 55.9. The number of rotatable bonds is 8. The van der Waals surface area contributed by atoms with E-state index in [1.807, 2.05) is 0 Å². The van der Waals surface area contributed by atoms with E-state index < -0.39 is 38.7 Å². The number of carbonyl (C=O) groups is 1. The Morgan fingerprint density at radius 2 is 2.00 bits per heavy atom.